The van der Waals surface area contributed by atoms with E-state index in [1.807, 2.05) is 30.0 Å². The highest BCUT2D eigenvalue weighted by atomic mass is 32.5. The van der Waals surface area contributed by atoms with Crippen molar-refractivity contribution in [1.82, 2.24) is 15.1 Å². The predicted molar refractivity (Wildman–Crippen MR) is 359 cm³/mol. The third kappa shape index (κ3) is 38.1. The van der Waals surface area contributed by atoms with Crippen molar-refractivity contribution in [3.05, 3.63) is 29.3 Å². The van der Waals surface area contributed by atoms with Crippen molar-refractivity contribution in [3.8, 4) is 5.75 Å². The fourth-order valence-electron chi connectivity index (χ4n) is 11.0. The topological polar surface area (TPSA) is 278 Å². The van der Waals surface area contributed by atoms with Crippen LogP contribution in [0.3, 0.4) is 0 Å². The normalized spacial score (nSPS) is 19.5. The summed E-state index contributed by atoms with van der Waals surface area (Å²) in [5, 5.41) is 3.02. The summed E-state index contributed by atoms with van der Waals surface area (Å²) in [6.07, 6.45) is 17.4. The lowest BCUT2D eigenvalue weighted by molar-refractivity contribution is -0.154. The molecule has 0 spiro atoms. The Morgan fingerprint density at radius 3 is 1.59 bits per heavy atom. The highest BCUT2D eigenvalue weighted by Crippen LogP contribution is 2.50. The summed E-state index contributed by atoms with van der Waals surface area (Å²) in [6, 6.07) is 6.83. The number of likely N-dealkylation sites (tertiary alicyclic amines) is 1. The average Bonchev–Trinajstić information content (AvgIpc) is 0.866. The van der Waals surface area contributed by atoms with Gasteiger partial charge in [-0.25, -0.2) is 0 Å². The monoisotopic (exact) mass is 1430 g/mol. The number of hydrogen-bond acceptors (Lipinski definition) is 23. The first-order chi connectivity index (χ1) is 44.4. The standard InChI is InChI=1S/C61H110N3O22P3S3/c1-52-19-20-57(71-2)53(46-52)47-60(67)86-56-48-54-16-15-17-55(49-56)64(54)25-13-9-8-12-24-62-58(65)21-29-75-31-33-76-32-30-74-28-14-10-6-5-7-11-18-59(66)63-26-22-61(23-27-63,50-84-88(69,91)73-4)51-85-89(70,92)83-45-43-81-41-39-79-37-35-77-34-36-78-38-40-80-42-44-82-87(68,90)72-3/h19-20,46,54-56H,5-18,21-45,47-51H2,1-4H3,(H,62,65)(H,68,90)(H,69,91)(H,70,92). The van der Waals surface area contributed by atoms with Crippen LogP contribution in [-0.2, 0) is 126 Å². The molecule has 92 heavy (non-hydrogen) atoms. The van der Waals surface area contributed by atoms with Gasteiger partial charge in [-0.1, -0.05) is 62.6 Å². The van der Waals surface area contributed by atoms with Gasteiger partial charge >= 0.3 is 26.1 Å². The van der Waals surface area contributed by atoms with Crippen LogP contribution in [0.4, 0.5) is 0 Å². The Kier molecular flexibility index (Phi) is 44.5. The van der Waals surface area contributed by atoms with Crippen molar-refractivity contribution in [2.24, 2.45) is 5.41 Å². The number of amides is 2. The zero-order valence-electron chi connectivity index (χ0n) is 55.1. The van der Waals surface area contributed by atoms with Gasteiger partial charge in [-0.15, -0.1) is 0 Å². The number of methoxy groups -OCH3 is 1. The number of rotatable bonds is 57. The van der Waals surface area contributed by atoms with E-state index < -0.39 is 25.6 Å². The van der Waals surface area contributed by atoms with E-state index >= 15 is 0 Å². The summed E-state index contributed by atoms with van der Waals surface area (Å²) in [5.41, 5.74) is 1.26. The van der Waals surface area contributed by atoms with Crippen LogP contribution in [0.1, 0.15) is 133 Å². The van der Waals surface area contributed by atoms with Gasteiger partial charge in [0.25, 0.3) is 0 Å². The summed E-state index contributed by atoms with van der Waals surface area (Å²) >= 11 is 15.1. The molecule has 0 saturated carbocycles. The number of unbranched alkanes of at least 4 members (excludes halogenated alkanes) is 8. The van der Waals surface area contributed by atoms with Crippen LogP contribution < -0.4 is 10.1 Å². The van der Waals surface area contributed by atoms with E-state index in [4.69, 9.17) is 105 Å². The van der Waals surface area contributed by atoms with Gasteiger partial charge in [-0.05, 0) is 106 Å². The first kappa shape index (κ1) is 83.1. The van der Waals surface area contributed by atoms with E-state index in [2.05, 4.69) is 14.7 Å². The Balaban J connectivity index is 0.895. The molecule has 534 valence electrons. The molecule has 3 saturated heterocycles. The third-order valence-electron chi connectivity index (χ3n) is 16.1. The number of carbonyl (C=O) groups is 3. The van der Waals surface area contributed by atoms with E-state index in [0.717, 1.165) is 113 Å². The largest absolute Gasteiger partial charge is 0.496 e. The molecule has 2 amide bonds. The highest BCUT2D eigenvalue weighted by molar-refractivity contribution is 8.07. The molecule has 5 unspecified atom stereocenters. The molecule has 3 aliphatic heterocycles. The maximum atomic E-state index is 13.2. The van der Waals surface area contributed by atoms with Crippen LogP contribution in [0.2, 0.25) is 0 Å². The zero-order chi connectivity index (χ0) is 66.6. The smallest absolute Gasteiger partial charge is 0.324 e. The van der Waals surface area contributed by atoms with E-state index in [9.17, 15) is 29.1 Å². The van der Waals surface area contributed by atoms with Crippen molar-refractivity contribution >= 4 is 73.4 Å². The molecular formula is C61H110N3O22P3S3. The Morgan fingerprint density at radius 2 is 1.03 bits per heavy atom. The molecule has 0 aliphatic carbocycles. The predicted octanol–water partition coefficient (Wildman–Crippen LogP) is 8.02. The van der Waals surface area contributed by atoms with E-state index in [-0.39, 0.29) is 69.9 Å². The number of nitrogens with one attached hydrogen (secondary N) is 1. The number of aryl methyl sites for hydroxylation is 1. The van der Waals surface area contributed by atoms with Gasteiger partial charge in [0.1, 0.15) is 11.9 Å². The summed E-state index contributed by atoms with van der Waals surface area (Å²) in [4.78, 5) is 73.7. The number of carbonyl (C=O) groups excluding carboxylic acids is 3. The molecule has 1 aromatic carbocycles. The van der Waals surface area contributed by atoms with Crippen molar-refractivity contribution in [3.63, 3.8) is 0 Å². The molecule has 3 heterocycles. The molecule has 0 aromatic heterocycles. The molecule has 4 N–H and O–H groups in total. The molecule has 1 aromatic rings. The molecule has 2 bridgehead atoms. The lowest BCUT2D eigenvalue weighted by atomic mass is 9.80. The van der Waals surface area contributed by atoms with Gasteiger partial charge in [-0.2, -0.15) is 0 Å². The van der Waals surface area contributed by atoms with Gasteiger partial charge in [0.2, 0.25) is 11.8 Å². The molecule has 4 rings (SSSR count). The van der Waals surface area contributed by atoms with Crippen molar-refractivity contribution in [1.29, 1.82) is 0 Å². The van der Waals surface area contributed by atoms with Crippen LogP contribution in [0.25, 0.3) is 0 Å². The zero-order valence-corrected chi connectivity index (χ0v) is 60.3. The first-order valence-corrected chi connectivity index (χ1v) is 40.6. The van der Waals surface area contributed by atoms with Gasteiger partial charge in [0.15, 0.2) is 0 Å². The first-order valence-electron chi connectivity index (χ1n) is 32.8. The van der Waals surface area contributed by atoms with Crippen LogP contribution in [0, 0.1) is 12.3 Å². The lowest BCUT2D eigenvalue weighted by Gasteiger charge is -2.48. The molecule has 31 heteroatoms. The molecule has 3 fully saturated rings. The van der Waals surface area contributed by atoms with Crippen molar-refractivity contribution in [2.45, 2.75) is 154 Å². The fraction of sp³-hybridized carbons (Fsp3) is 0.852. The lowest BCUT2D eigenvalue weighted by Crippen LogP contribution is -2.54. The number of fused-ring (bicyclic) bond motifs is 2. The van der Waals surface area contributed by atoms with Crippen LogP contribution in [0.15, 0.2) is 18.2 Å². The van der Waals surface area contributed by atoms with Crippen LogP contribution in [-0.4, -0.2) is 240 Å². The Hall–Kier alpha value is -1.34. The Labute approximate surface area is 562 Å². The SMILES string of the molecule is COc1ccc(C)cc1CC(=O)OC1CC2CCCC(C1)N2CCCCCCNC(=O)CCOCCOCCOCCCCCCCCC(=O)N1CCC(COP(O)(=S)OC)(COP(O)(=S)OCCOCCOCCOCCOCCOCCOP(O)(=S)OC)CC1. The maximum Gasteiger partial charge on any atom is 0.324 e. The molecule has 25 nitrogen and oxygen atoms in total. The average molecular weight is 1430 g/mol. The minimum absolute atomic E-state index is 0.00343. The maximum absolute atomic E-state index is 13.2. The second-order valence-electron chi connectivity index (χ2n) is 23.2. The minimum Gasteiger partial charge on any atom is -0.496 e. The molecule has 3 aliphatic rings. The van der Waals surface area contributed by atoms with E-state index in [1.165, 1.54) is 20.6 Å². The Morgan fingerprint density at radius 1 is 0.565 bits per heavy atom. The van der Waals surface area contributed by atoms with Gasteiger partial charge < -0.3 is 99.4 Å². The van der Waals surface area contributed by atoms with Crippen molar-refractivity contribution < 1.29 is 104 Å². The Bertz CT molecular complexity index is 2310. The van der Waals surface area contributed by atoms with Gasteiger partial charge in [0.05, 0.1) is 139 Å². The van der Waals surface area contributed by atoms with Gasteiger partial charge in [-0.3, -0.25) is 19.3 Å². The number of piperidine rings is 3. The highest BCUT2D eigenvalue weighted by Gasteiger charge is 2.41. The second-order valence-corrected chi connectivity index (χ2v) is 31.9. The number of ether oxygens (including phenoxy) is 10. The summed E-state index contributed by atoms with van der Waals surface area (Å²) in [5.74, 6) is 0.628. The second kappa shape index (κ2) is 49.2. The third-order valence-corrected chi connectivity index (χ3v) is 21.1. The van der Waals surface area contributed by atoms with Crippen molar-refractivity contribution in [2.75, 3.05) is 180 Å². The van der Waals surface area contributed by atoms with E-state index in [0.29, 0.717) is 150 Å². The molecule has 0 radical (unpaired) electrons. The quantitative estimate of drug-likeness (QED) is 0.0273. The fourth-order valence-corrected chi connectivity index (χ4v) is 13.5. The summed E-state index contributed by atoms with van der Waals surface area (Å²) in [6.45, 7) is 0.575. The number of benzene rings is 1. The van der Waals surface area contributed by atoms with E-state index in [1.54, 1.807) is 7.11 Å². The summed E-state index contributed by atoms with van der Waals surface area (Å²) < 4.78 is 87.4. The molecular weight excluding hydrogens is 1320 g/mol. The molecule has 5 atom stereocenters. The summed E-state index contributed by atoms with van der Waals surface area (Å²) in [7, 11) is 4.20. The number of nitrogens with zero attached hydrogens (tertiary/aromatic N) is 2. The number of esters is 1. The number of hydrogen-bond donors (Lipinski definition) is 4. The minimum atomic E-state index is -3.67. The van der Waals surface area contributed by atoms with Gasteiger partial charge in [0, 0.05) is 89.2 Å². The van der Waals surface area contributed by atoms with Crippen LogP contribution in [0.5, 0.6) is 5.75 Å². The van der Waals surface area contributed by atoms with Crippen LogP contribution >= 0.6 is 20.2 Å².